The molecule has 16 heavy (non-hydrogen) atoms. The number of alkyl halides is 1. The predicted octanol–water partition coefficient (Wildman–Crippen LogP) is 4.32. The van der Waals surface area contributed by atoms with Gasteiger partial charge in [-0.2, -0.15) is 0 Å². The fourth-order valence-electron chi connectivity index (χ4n) is 1.33. The number of methoxy groups -OCH3 is 1. The van der Waals surface area contributed by atoms with Crippen molar-refractivity contribution in [2.75, 3.05) is 7.11 Å². The molecule has 0 bridgehead atoms. The predicted molar refractivity (Wildman–Crippen MR) is 71.4 cm³/mol. The first kappa shape index (κ1) is 11.9. The standard InChI is InChI=1S/C11H9BrClNOS/c1-15-10-3-2-7(4-8(10)12)9-6-16-11(5-13)14-9/h2-4,6H,5H2,1H3. The zero-order valence-electron chi connectivity index (χ0n) is 8.54. The van der Waals surface area contributed by atoms with Gasteiger partial charge in [-0.15, -0.1) is 22.9 Å². The molecule has 0 saturated carbocycles. The number of hydrogen-bond donors (Lipinski definition) is 0. The van der Waals surface area contributed by atoms with E-state index in [1.54, 1.807) is 18.4 Å². The van der Waals surface area contributed by atoms with Crippen molar-refractivity contribution in [2.45, 2.75) is 5.88 Å². The molecule has 0 unspecified atom stereocenters. The zero-order chi connectivity index (χ0) is 11.5. The van der Waals surface area contributed by atoms with Crippen molar-refractivity contribution < 1.29 is 4.74 Å². The average Bonchev–Trinajstić information content (AvgIpc) is 2.77. The molecule has 1 heterocycles. The van der Waals surface area contributed by atoms with Gasteiger partial charge >= 0.3 is 0 Å². The summed E-state index contributed by atoms with van der Waals surface area (Å²) < 4.78 is 6.10. The smallest absolute Gasteiger partial charge is 0.133 e. The first-order valence-electron chi connectivity index (χ1n) is 4.59. The Morgan fingerprint density at radius 2 is 2.31 bits per heavy atom. The minimum atomic E-state index is 0.460. The molecule has 0 radical (unpaired) electrons. The lowest BCUT2D eigenvalue weighted by molar-refractivity contribution is 0.412. The quantitative estimate of drug-likeness (QED) is 0.786. The molecule has 0 spiro atoms. The second kappa shape index (κ2) is 5.17. The van der Waals surface area contributed by atoms with Crippen molar-refractivity contribution in [3.05, 3.63) is 33.1 Å². The van der Waals surface area contributed by atoms with Gasteiger partial charge in [0.15, 0.2) is 0 Å². The number of benzene rings is 1. The number of nitrogens with zero attached hydrogens (tertiary/aromatic N) is 1. The molecule has 0 aliphatic rings. The third kappa shape index (κ3) is 2.39. The van der Waals surface area contributed by atoms with Crippen LogP contribution in [0.5, 0.6) is 5.75 Å². The monoisotopic (exact) mass is 317 g/mol. The lowest BCUT2D eigenvalue weighted by Gasteiger charge is -2.04. The summed E-state index contributed by atoms with van der Waals surface area (Å²) in [5.41, 5.74) is 2.00. The van der Waals surface area contributed by atoms with E-state index in [9.17, 15) is 0 Å². The molecule has 0 aliphatic heterocycles. The van der Waals surface area contributed by atoms with Gasteiger partial charge in [0.2, 0.25) is 0 Å². The molecule has 2 aromatic rings. The fourth-order valence-corrected chi connectivity index (χ4v) is 2.77. The largest absolute Gasteiger partial charge is 0.496 e. The maximum atomic E-state index is 5.73. The van der Waals surface area contributed by atoms with E-state index >= 15 is 0 Å². The van der Waals surface area contributed by atoms with Crippen LogP contribution in [0.4, 0.5) is 0 Å². The van der Waals surface area contributed by atoms with Crippen molar-refractivity contribution in [3.8, 4) is 17.0 Å². The molecule has 0 aliphatic carbocycles. The first-order chi connectivity index (χ1) is 7.74. The third-order valence-electron chi connectivity index (χ3n) is 2.11. The van der Waals surface area contributed by atoms with Crippen LogP contribution in [-0.4, -0.2) is 12.1 Å². The lowest BCUT2D eigenvalue weighted by atomic mass is 10.2. The summed E-state index contributed by atoms with van der Waals surface area (Å²) in [6.45, 7) is 0. The average molecular weight is 319 g/mol. The number of halogens is 2. The summed E-state index contributed by atoms with van der Waals surface area (Å²) in [7, 11) is 1.65. The van der Waals surface area contributed by atoms with Crippen molar-refractivity contribution >= 4 is 38.9 Å². The van der Waals surface area contributed by atoms with Gasteiger partial charge in [-0.25, -0.2) is 4.98 Å². The molecular formula is C11H9BrClNOS. The first-order valence-corrected chi connectivity index (χ1v) is 6.79. The minimum absolute atomic E-state index is 0.460. The number of rotatable bonds is 3. The summed E-state index contributed by atoms with van der Waals surface area (Å²) in [6, 6.07) is 5.89. The summed E-state index contributed by atoms with van der Waals surface area (Å²) in [4.78, 5) is 4.42. The van der Waals surface area contributed by atoms with Gasteiger partial charge in [0.25, 0.3) is 0 Å². The Bertz CT molecular complexity index is 500. The number of aromatic nitrogens is 1. The molecular weight excluding hydrogens is 310 g/mol. The van der Waals surface area contributed by atoms with Crippen molar-refractivity contribution in [1.29, 1.82) is 0 Å². The molecule has 1 aromatic carbocycles. The van der Waals surface area contributed by atoms with E-state index in [1.165, 1.54) is 0 Å². The van der Waals surface area contributed by atoms with Crippen LogP contribution in [0.25, 0.3) is 11.3 Å². The molecule has 2 nitrogen and oxygen atoms in total. The van der Waals surface area contributed by atoms with Crippen LogP contribution in [0.15, 0.2) is 28.1 Å². The Morgan fingerprint density at radius 1 is 1.50 bits per heavy atom. The Morgan fingerprint density at radius 3 is 2.88 bits per heavy atom. The number of thiazole rings is 1. The molecule has 5 heteroatoms. The van der Waals surface area contributed by atoms with Gasteiger partial charge in [0, 0.05) is 10.9 Å². The molecule has 0 amide bonds. The molecule has 84 valence electrons. The van der Waals surface area contributed by atoms with Gasteiger partial charge in [0.1, 0.15) is 10.8 Å². The highest BCUT2D eigenvalue weighted by Crippen LogP contribution is 2.31. The van der Waals surface area contributed by atoms with Gasteiger partial charge in [-0.1, -0.05) is 0 Å². The van der Waals surface area contributed by atoms with Crippen molar-refractivity contribution in [2.24, 2.45) is 0 Å². The highest BCUT2D eigenvalue weighted by Gasteiger charge is 2.06. The van der Waals surface area contributed by atoms with Crippen molar-refractivity contribution in [1.82, 2.24) is 4.98 Å². The molecule has 0 N–H and O–H groups in total. The number of hydrogen-bond acceptors (Lipinski definition) is 3. The fraction of sp³-hybridized carbons (Fsp3) is 0.182. The van der Waals surface area contributed by atoms with E-state index in [-0.39, 0.29) is 0 Å². The maximum absolute atomic E-state index is 5.73. The van der Waals surface area contributed by atoms with Crippen LogP contribution in [-0.2, 0) is 5.88 Å². The summed E-state index contributed by atoms with van der Waals surface area (Å²) in [6.07, 6.45) is 0. The third-order valence-corrected chi connectivity index (χ3v) is 3.99. The molecule has 2 rings (SSSR count). The Hall–Kier alpha value is -0.580. The summed E-state index contributed by atoms with van der Waals surface area (Å²) in [5, 5.41) is 2.94. The van der Waals surface area contributed by atoms with Crippen LogP contribution < -0.4 is 4.74 Å². The lowest BCUT2D eigenvalue weighted by Crippen LogP contribution is -1.85. The highest BCUT2D eigenvalue weighted by molar-refractivity contribution is 9.10. The zero-order valence-corrected chi connectivity index (χ0v) is 11.7. The van der Waals surface area contributed by atoms with E-state index < -0.39 is 0 Å². The molecule has 0 saturated heterocycles. The van der Waals surface area contributed by atoms with E-state index in [1.807, 2.05) is 23.6 Å². The van der Waals surface area contributed by atoms with E-state index in [2.05, 4.69) is 20.9 Å². The summed E-state index contributed by atoms with van der Waals surface area (Å²) in [5.74, 6) is 1.28. The van der Waals surface area contributed by atoms with Crippen molar-refractivity contribution in [3.63, 3.8) is 0 Å². The van der Waals surface area contributed by atoms with Gasteiger partial charge < -0.3 is 4.74 Å². The van der Waals surface area contributed by atoms with Crippen LogP contribution in [0.1, 0.15) is 5.01 Å². The van der Waals surface area contributed by atoms with E-state index in [0.717, 1.165) is 26.5 Å². The van der Waals surface area contributed by atoms with E-state index in [4.69, 9.17) is 16.3 Å². The normalized spacial score (nSPS) is 10.4. The summed E-state index contributed by atoms with van der Waals surface area (Å²) >= 11 is 10.7. The Labute approximate surface area is 111 Å². The topological polar surface area (TPSA) is 22.1 Å². The Kier molecular flexibility index (Phi) is 3.84. The molecule has 0 fully saturated rings. The van der Waals surface area contributed by atoms with Gasteiger partial charge in [-0.3, -0.25) is 0 Å². The van der Waals surface area contributed by atoms with Crippen LogP contribution in [0.2, 0.25) is 0 Å². The van der Waals surface area contributed by atoms with Gasteiger partial charge in [0.05, 0.1) is 23.2 Å². The second-order valence-electron chi connectivity index (χ2n) is 3.11. The van der Waals surface area contributed by atoms with Crippen LogP contribution >= 0.6 is 38.9 Å². The molecule has 1 aromatic heterocycles. The van der Waals surface area contributed by atoms with E-state index in [0.29, 0.717) is 5.88 Å². The minimum Gasteiger partial charge on any atom is -0.496 e. The number of ether oxygens (including phenoxy) is 1. The maximum Gasteiger partial charge on any atom is 0.133 e. The highest BCUT2D eigenvalue weighted by atomic mass is 79.9. The SMILES string of the molecule is COc1ccc(-c2csc(CCl)n2)cc1Br. The van der Waals surface area contributed by atoms with Crippen LogP contribution in [0, 0.1) is 0 Å². The Balaban J connectivity index is 2.37. The van der Waals surface area contributed by atoms with Gasteiger partial charge in [-0.05, 0) is 34.1 Å². The second-order valence-corrected chi connectivity index (χ2v) is 5.17. The molecule has 0 atom stereocenters. The van der Waals surface area contributed by atoms with Crippen LogP contribution in [0.3, 0.4) is 0 Å².